The van der Waals surface area contributed by atoms with Crippen LogP contribution >= 0.6 is 0 Å². The van der Waals surface area contributed by atoms with E-state index >= 15 is 0 Å². The highest BCUT2D eigenvalue weighted by atomic mass is 19.3. The minimum Gasteiger partial charge on any atom is -0.477 e. The summed E-state index contributed by atoms with van der Waals surface area (Å²) in [5, 5.41) is 8.27. The lowest BCUT2D eigenvalue weighted by Crippen LogP contribution is -2.42. The number of esters is 2. The molecule has 1 atom stereocenters. The number of ether oxygens (including phenoxy) is 1. The molecule has 96 valence electrons. The van der Waals surface area contributed by atoms with Gasteiger partial charge in [0.05, 0.1) is 0 Å². The molecule has 0 saturated carbocycles. The van der Waals surface area contributed by atoms with Crippen molar-refractivity contribution in [2.75, 3.05) is 0 Å². The first kappa shape index (κ1) is 15.2. The Balaban J connectivity index is 4.91. The van der Waals surface area contributed by atoms with Gasteiger partial charge in [0.2, 0.25) is 0 Å². The largest absolute Gasteiger partial charge is 0.477 e. The number of halogens is 2. The summed E-state index contributed by atoms with van der Waals surface area (Å²) in [7, 11) is 0. The second-order valence-electron chi connectivity index (χ2n) is 3.38. The van der Waals surface area contributed by atoms with Gasteiger partial charge >= 0.3 is 23.8 Å². The summed E-state index contributed by atoms with van der Waals surface area (Å²) in [5.41, 5.74) is -0.146. The van der Waals surface area contributed by atoms with Gasteiger partial charge in [-0.3, -0.25) is 4.79 Å². The maximum atomic E-state index is 13.1. The van der Waals surface area contributed by atoms with Crippen LogP contribution in [0.2, 0.25) is 0 Å². The van der Waals surface area contributed by atoms with Gasteiger partial charge in [0.25, 0.3) is 0 Å². The highest BCUT2D eigenvalue weighted by Gasteiger charge is 2.51. The van der Waals surface area contributed by atoms with Gasteiger partial charge in [-0.1, -0.05) is 13.5 Å². The van der Waals surface area contributed by atoms with E-state index in [2.05, 4.69) is 11.3 Å². The molecule has 0 amide bonds. The summed E-state index contributed by atoms with van der Waals surface area (Å²) in [4.78, 5) is 32.4. The Kier molecular flexibility index (Phi) is 4.93. The van der Waals surface area contributed by atoms with E-state index < -0.39 is 36.2 Å². The first-order valence-electron chi connectivity index (χ1n) is 4.67. The molecule has 0 rings (SSSR count). The summed E-state index contributed by atoms with van der Waals surface area (Å²) >= 11 is 0. The fourth-order valence-corrected chi connectivity index (χ4v) is 0.970. The third-order valence-electron chi connectivity index (χ3n) is 1.96. The minimum atomic E-state index is -4.28. The lowest BCUT2D eigenvalue weighted by Gasteiger charge is -2.19. The van der Waals surface area contributed by atoms with E-state index in [4.69, 9.17) is 5.11 Å². The van der Waals surface area contributed by atoms with Crippen LogP contribution in [-0.4, -0.2) is 28.9 Å². The lowest BCUT2D eigenvalue weighted by atomic mass is 9.98. The van der Waals surface area contributed by atoms with Crippen LogP contribution in [0.15, 0.2) is 12.2 Å². The number of hydrogen-bond acceptors (Lipinski definition) is 4. The Bertz CT molecular complexity index is 362. The molecular formula is C10H12F2O5. The zero-order valence-electron chi connectivity index (χ0n) is 9.33. The first-order chi connectivity index (χ1) is 7.64. The third kappa shape index (κ3) is 3.61. The zero-order chi connectivity index (χ0) is 13.8. The normalized spacial score (nSPS) is 12.7. The summed E-state index contributed by atoms with van der Waals surface area (Å²) in [6.45, 7) is 5.58. The number of rotatable bonds is 5. The van der Waals surface area contributed by atoms with Crippen molar-refractivity contribution in [3.63, 3.8) is 0 Å². The molecule has 0 aromatic rings. The Labute approximate surface area is 96.1 Å². The van der Waals surface area contributed by atoms with E-state index in [1.807, 2.05) is 0 Å². The zero-order valence-corrected chi connectivity index (χ0v) is 9.33. The van der Waals surface area contributed by atoms with Crippen molar-refractivity contribution in [3.8, 4) is 0 Å². The van der Waals surface area contributed by atoms with Gasteiger partial charge in [0.1, 0.15) is 5.92 Å². The van der Waals surface area contributed by atoms with Crippen molar-refractivity contribution < 1.29 is 33.0 Å². The Hall–Kier alpha value is -1.79. The predicted molar refractivity (Wildman–Crippen MR) is 52.3 cm³/mol. The molecule has 1 unspecified atom stereocenters. The molecule has 5 nitrogen and oxygen atoms in total. The number of hydrogen-bond donors (Lipinski definition) is 1. The van der Waals surface area contributed by atoms with Crippen LogP contribution in [0.5, 0.6) is 0 Å². The van der Waals surface area contributed by atoms with E-state index in [9.17, 15) is 23.2 Å². The van der Waals surface area contributed by atoms with Gasteiger partial charge in [0.15, 0.2) is 0 Å². The van der Waals surface area contributed by atoms with Crippen molar-refractivity contribution >= 4 is 17.9 Å². The molecule has 0 bridgehead atoms. The van der Waals surface area contributed by atoms with Crippen molar-refractivity contribution in [2.45, 2.75) is 26.2 Å². The number of carbonyl (C=O) groups excluding carboxylic acids is 2. The van der Waals surface area contributed by atoms with Crippen LogP contribution < -0.4 is 0 Å². The molecule has 17 heavy (non-hydrogen) atoms. The smallest absolute Gasteiger partial charge is 0.375 e. The molecule has 0 aromatic heterocycles. The molecule has 0 aliphatic rings. The summed E-state index contributed by atoms with van der Waals surface area (Å²) in [5.74, 6) is -11.7. The van der Waals surface area contributed by atoms with Gasteiger partial charge < -0.3 is 9.84 Å². The van der Waals surface area contributed by atoms with Gasteiger partial charge in [-0.25, -0.2) is 9.59 Å². The van der Waals surface area contributed by atoms with Crippen LogP contribution in [0.3, 0.4) is 0 Å². The van der Waals surface area contributed by atoms with Crippen molar-refractivity contribution in [2.24, 2.45) is 5.92 Å². The van der Waals surface area contributed by atoms with E-state index in [0.29, 0.717) is 0 Å². The number of carboxylic acid groups (broad SMARTS) is 1. The van der Waals surface area contributed by atoms with E-state index in [-0.39, 0.29) is 5.57 Å². The number of aliphatic carboxylic acids is 1. The molecular weight excluding hydrogens is 238 g/mol. The number of carboxylic acids is 1. The molecule has 0 aliphatic carbocycles. The van der Waals surface area contributed by atoms with E-state index in [1.165, 1.54) is 13.8 Å². The van der Waals surface area contributed by atoms with Gasteiger partial charge in [0, 0.05) is 5.57 Å². The monoisotopic (exact) mass is 250 g/mol. The van der Waals surface area contributed by atoms with E-state index in [1.54, 1.807) is 0 Å². The topological polar surface area (TPSA) is 80.7 Å². The Morgan fingerprint density at radius 3 is 2.18 bits per heavy atom. The summed E-state index contributed by atoms with van der Waals surface area (Å²) in [6, 6.07) is 0. The Morgan fingerprint density at radius 1 is 1.41 bits per heavy atom. The number of alkyl halides is 2. The molecule has 0 aliphatic heterocycles. The van der Waals surface area contributed by atoms with Crippen LogP contribution in [0.25, 0.3) is 0 Å². The fourth-order valence-electron chi connectivity index (χ4n) is 0.970. The first-order valence-corrected chi connectivity index (χ1v) is 4.67. The standard InChI is InChI=1S/C10H12F2O5/c1-4-6(10(11,12)9(15)16)8(14)17-7(13)5(2)3/h6H,2,4H2,1,3H3,(H,15,16). The van der Waals surface area contributed by atoms with Gasteiger partial charge in [-0.2, -0.15) is 8.78 Å². The molecule has 1 N–H and O–H groups in total. The van der Waals surface area contributed by atoms with E-state index in [0.717, 1.165) is 0 Å². The maximum Gasteiger partial charge on any atom is 0.375 e. The predicted octanol–water partition coefficient (Wildman–Crippen LogP) is 1.38. The SMILES string of the molecule is C=C(C)C(=O)OC(=O)C(CC)C(F)(F)C(=O)O. The van der Waals surface area contributed by atoms with Gasteiger partial charge in [-0.05, 0) is 13.3 Å². The average Bonchev–Trinajstić information content (AvgIpc) is 2.17. The molecule has 0 spiro atoms. The summed E-state index contributed by atoms with van der Waals surface area (Å²) < 4.78 is 30.2. The van der Waals surface area contributed by atoms with Crippen molar-refractivity contribution in [3.05, 3.63) is 12.2 Å². The van der Waals surface area contributed by atoms with Crippen LogP contribution in [0.4, 0.5) is 8.78 Å². The fraction of sp³-hybridized carbons (Fsp3) is 0.500. The second-order valence-corrected chi connectivity index (χ2v) is 3.38. The Morgan fingerprint density at radius 2 is 1.88 bits per heavy atom. The highest BCUT2D eigenvalue weighted by Crippen LogP contribution is 2.29. The maximum absolute atomic E-state index is 13.1. The third-order valence-corrected chi connectivity index (χ3v) is 1.96. The highest BCUT2D eigenvalue weighted by molar-refractivity contribution is 5.97. The number of carbonyl (C=O) groups is 3. The van der Waals surface area contributed by atoms with Crippen molar-refractivity contribution in [1.29, 1.82) is 0 Å². The van der Waals surface area contributed by atoms with Crippen LogP contribution in [0, 0.1) is 5.92 Å². The summed E-state index contributed by atoms with van der Waals surface area (Å²) in [6.07, 6.45) is -0.471. The molecule has 0 aromatic carbocycles. The lowest BCUT2D eigenvalue weighted by molar-refractivity contribution is -0.186. The minimum absolute atomic E-state index is 0.146. The molecule has 0 heterocycles. The quantitative estimate of drug-likeness (QED) is 0.453. The average molecular weight is 250 g/mol. The second kappa shape index (κ2) is 5.51. The van der Waals surface area contributed by atoms with Crippen LogP contribution in [0.1, 0.15) is 20.3 Å². The van der Waals surface area contributed by atoms with Crippen LogP contribution in [-0.2, 0) is 19.1 Å². The molecule has 0 radical (unpaired) electrons. The molecule has 0 saturated heterocycles. The molecule has 7 heteroatoms. The van der Waals surface area contributed by atoms with Gasteiger partial charge in [-0.15, -0.1) is 0 Å². The van der Waals surface area contributed by atoms with Crippen molar-refractivity contribution in [1.82, 2.24) is 0 Å². The molecule has 0 fully saturated rings.